The second-order valence-corrected chi connectivity index (χ2v) is 32.1. The van der Waals surface area contributed by atoms with E-state index < -0.39 is 16.1 Å². The molecule has 2 nitrogen and oxygen atoms in total. The first-order valence-corrected chi connectivity index (χ1v) is 32.2. The molecule has 0 radical (unpaired) electrons. The van der Waals surface area contributed by atoms with Gasteiger partial charge in [0.25, 0.3) is 0 Å². The van der Waals surface area contributed by atoms with Gasteiger partial charge in [-0.15, -0.1) is 0 Å². The van der Waals surface area contributed by atoms with Crippen LogP contribution in [-0.2, 0) is 0 Å². The predicted octanol–water partition coefficient (Wildman–Crippen LogP) is 18.8. The molecule has 0 bridgehead atoms. The van der Waals surface area contributed by atoms with Gasteiger partial charge >= 0.3 is 0 Å². The molecule has 0 heterocycles. The molecule has 70 heavy (non-hydrogen) atoms. The fraction of sp³-hybridized carbons (Fsp3) is 0.182. The number of hydrogen-bond acceptors (Lipinski definition) is 2. The van der Waals surface area contributed by atoms with Gasteiger partial charge in [-0.05, 0) is 127 Å². The molecule has 0 aliphatic heterocycles. The molecule has 0 fully saturated rings. The Kier molecular flexibility index (Phi) is 12.5. The maximum absolute atomic E-state index is 2.51. The lowest BCUT2D eigenvalue weighted by atomic mass is 9.89. The van der Waals surface area contributed by atoms with Crippen molar-refractivity contribution in [2.45, 2.75) is 78.8 Å². The van der Waals surface area contributed by atoms with Crippen molar-refractivity contribution in [3.05, 3.63) is 217 Å². The van der Waals surface area contributed by atoms with Gasteiger partial charge in [-0.1, -0.05) is 223 Å². The molecular weight excluding hydrogens is 877 g/mol. The summed E-state index contributed by atoms with van der Waals surface area (Å²) in [6.07, 6.45) is 0. The van der Waals surface area contributed by atoms with Crippen molar-refractivity contribution >= 4 is 93.0 Å². The van der Waals surface area contributed by atoms with Gasteiger partial charge in [-0.2, -0.15) is 0 Å². The zero-order chi connectivity index (χ0) is 48.9. The van der Waals surface area contributed by atoms with Crippen molar-refractivity contribution < 1.29 is 0 Å². The van der Waals surface area contributed by atoms with E-state index in [-0.39, 0.29) is 0 Å². The summed E-state index contributed by atoms with van der Waals surface area (Å²) in [6, 6.07) is 78.1. The van der Waals surface area contributed by atoms with E-state index in [1.807, 2.05) is 0 Å². The summed E-state index contributed by atoms with van der Waals surface area (Å²) in [4.78, 5) is 5.01. The molecule has 0 unspecified atom stereocenters. The van der Waals surface area contributed by atoms with Crippen LogP contribution in [0, 0.1) is 0 Å². The summed E-state index contributed by atoms with van der Waals surface area (Å²) >= 11 is 0. The quantitative estimate of drug-likeness (QED) is 0.0889. The summed E-state index contributed by atoms with van der Waals surface area (Å²) < 4.78 is 0. The van der Waals surface area contributed by atoms with E-state index in [0.29, 0.717) is 11.8 Å². The first-order chi connectivity index (χ1) is 33.6. The highest BCUT2D eigenvalue weighted by molar-refractivity contribution is 6.89. The lowest BCUT2D eigenvalue weighted by Gasteiger charge is -2.31. The summed E-state index contributed by atoms with van der Waals surface area (Å²) in [6.45, 7) is 23.8. The van der Waals surface area contributed by atoms with Gasteiger partial charge in [0.2, 0.25) is 0 Å². The number of rotatable bonds is 12. The molecule has 0 aliphatic carbocycles. The number of anilines is 6. The lowest BCUT2D eigenvalue weighted by molar-refractivity contribution is 0.868. The van der Waals surface area contributed by atoms with Crippen LogP contribution in [0.4, 0.5) is 34.1 Å². The van der Waals surface area contributed by atoms with Crippen molar-refractivity contribution in [1.82, 2.24) is 0 Å². The maximum Gasteiger partial charge on any atom is 0.0775 e. The Labute approximate surface area is 418 Å². The van der Waals surface area contributed by atoms with Crippen molar-refractivity contribution in [2.24, 2.45) is 0 Å². The molecule has 0 N–H and O–H groups in total. The molecule has 0 saturated heterocycles. The SMILES string of the molecule is CC(C)c1ccc2c(N(c3ccc(-c4ccccc4)cc3)c3ccc([Si](C)(C)C)cc3)cc3c4cc(C(C)C)ccc4c(N(c4ccc(-c5ccccc5)cc4)c4ccc([Si](C)(C)C)cc4)cc3c2c1. The first kappa shape index (κ1) is 46.7. The molecule has 348 valence electrons. The van der Waals surface area contributed by atoms with Gasteiger partial charge in [0.05, 0.1) is 27.5 Å². The van der Waals surface area contributed by atoms with Gasteiger partial charge in [-0.25, -0.2) is 0 Å². The monoisotopic (exact) mass is 942 g/mol. The minimum atomic E-state index is -1.55. The Morgan fingerprint density at radius 3 is 0.871 bits per heavy atom. The van der Waals surface area contributed by atoms with Crippen LogP contribution in [0.5, 0.6) is 0 Å². The summed E-state index contributed by atoms with van der Waals surface area (Å²) in [5.74, 6) is 0.714. The van der Waals surface area contributed by atoms with E-state index in [0.717, 1.165) is 22.7 Å². The van der Waals surface area contributed by atoms with Gasteiger partial charge in [0.1, 0.15) is 0 Å². The Bertz CT molecular complexity index is 3220. The van der Waals surface area contributed by atoms with E-state index >= 15 is 0 Å². The standard InChI is InChI=1S/C66H66N2Si2/c1-45(2)51-25-39-59-61(41-51)63-43-66(68(56-33-37-58(38-34-56)70(8,9)10)54-29-23-50(24-30-54)48-19-15-12-16-20-48)60-40-26-52(46(3)4)42-62(60)64(63)44-65(59)67(55-31-35-57(36-32-55)69(5,6)7)53-27-21-49(22-28-53)47-17-13-11-14-18-47/h11-46H,1-10H3. The smallest absolute Gasteiger partial charge is 0.0775 e. The summed E-state index contributed by atoms with van der Waals surface area (Å²) in [5.41, 5.74) is 14.4. The summed E-state index contributed by atoms with van der Waals surface area (Å²) in [5, 5.41) is 10.4. The summed E-state index contributed by atoms with van der Waals surface area (Å²) in [7, 11) is -3.10. The first-order valence-electron chi connectivity index (χ1n) is 25.2. The molecule has 10 rings (SSSR count). The van der Waals surface area contributed by atoms with Crippen LogP contribution in [0.15, 0.2) is 206 Å². The molecule has 0 spiro atoms. The Balaban J connectivity index is 1.28. The third-order valence-corrected chi connectivity index (χ3v) is 18.5. The maximum atomic E-state index is 2.51. The minimum absolute atomic E-state index is 0.357. The van der Waals surface area contributed by atoms with Crippen LogP contribution in [0.25, 0.3) is 54.6 Å². The number of fused-ring (bicyclic) bond motifs is 5. The van der Waals surface area contributed by atoms with E-state index in [1.165, 1.54) is 87.4 Å². The van der Waals surface area contributed by atoms with E-state index in [4.69, 9.17) is 0 Å². The zero-order valence-corrected chi connectivity index (χ0v) is 44.7. The average molecular weight is 943 g/mol. The van der Waals surface area contributed by atoms with Gasteiger partial charge in [0.15, 0.2) is 0 Å². The molecule has 0 amide bonds. The van der Waals surface area contributed by atoms with Crippen molar-refractivity contribution in [3.63, 3.8) is 0 Å². The van der Waals surface area contributed by atoms with Gasteiger partial charge < -0.3 is 9.80 Å². The number of nitrogens with zero attached hydrogens (tertiary/aromatic N) is 2. The molecular formula is C66H66N2Si2. The predicted molar refractivity (Wildman–Crippen MR) is 313 cm³/mol. The Morgan fingerprint density at radius 2 is 0.571 bits per heavy atom. The largest absolute Gasteiger partial charge is 0.310 e. The Morgan fingerprint density at radius 1 is 0.286 bits per heavy atom. The van der Waals surface area contributed by atoms with Gasteiger partial charge in [0, 0.05) is 33.5 Å². The van der Waals surface area contributed by atoms with Crippen LogP contribution in [0.1, 0.15) is 50.7 Å². The fourth-order valence-corrected chi connectivity index (χ4v) is 12.4. The second-order valence-electron chi connectivity index (χ2n) is 21.9. The van der Waals surface area contributed by atoms with Crippen LogP contribution in [-0.4, -0.2) is 16.1 Å². The molecule has 10 aromatic carbocycles. The fourth-order valence-electron chi connectivity index (χ4n) is 10.1. The highest BCUT2D eigenvalue weighted by atomic mass is 28.3. The van der Waals surface area contributed by atoms with Crippen molar-refractivity contribution in [1.29, 1.82) is 0 Å². The molecule has 10 aromatic rings. The van der Waals surface area contributed by atoms with Crippen LogP contribution in [0.2, 0.25) is 39.3 Å². The highest BCUT2D eigenvalue weighted by Gasteiger charge is 2.25. The van der Waals surface area contributed by atoms with Crippen molar-refractivity contribution in [2.75, 3.05) is 9.80 Å². The van der Waals surface area contributed by atoms with Crippen LogP contribution >= 0.6 is 0 Å². The number of benzene rings is 10. The normalized spacial score (nSPS) is 12.1. The topological polar surface area (TPSA) is 6.48 Å². The zero-order valence-electron chi connectivity index (χ0n) is 42.7. The van der Waals surface area contributed by atoms with E-state index in [2.05, 4.69) is 283 Å². The molecule has 0 aromatic heterocycles. The van der Waals surface area contributed by atoms with Crippen molar-refractivity contribution in [3.8, 4) is 22.3 Å². The molecule has 0 saturated carbocycles. The van der Waals surface area contributed by atoms with E-state index in [1.54, 1.807) is 0 Å². The Hall–Kier alpha value is -6.99. The van der Waals surface area contributed by atoms with E-state index in [9.17, 15) is 0 Å². The molecule has 4 heteroatoms. The van der Waals surface area contributed by atoms with Crippen LogP contribution in [0.3, 0.4) is 0 Å². The average Bonchev–Trinajstić information content (AvgIpc) is 3.37. The highest BCUT2D eigenvalue weighted by Crippen LogP contribution is 2.49. The second kappa shape index (κ2) is 18.7. The van der Waals surface area contributed by atoms with Gasteiger partial charge in [-0.3, -0.25) is 0 Å². The lowest BCUT2D eigenvalue weighted by Crippen LogP contribution is -2.37. The molecule has 0 aliphatic rings. The third kappa shape index (κ3) is 9.15. The molecule has 0 atom stereocenters. The minimum Gasteiger partial charge on any atom is -0.310 e. The third-order valence-electron chi connectivity index (χ3n) is 14.3. The van der Waals surface area contributed by atoms with Crippen LogP contribution < -0.4 is 20.2 Å². The number of hydrogen-bond donors (Lipinski definition) is 0.